The zero-order chi connectivity index (χ0) is 14.7. The minimum atomic E-state index is -0.646. The average Bonchev–Trinajstić information content (AvgIpc) is 2.98. The summed E-state index contributed by atoms with van der Waals surface area (Å²) < 4.78 is 14.6. The summed E-state index contributed by atoms with van der Waals surface area (Å²) in [5.74, 6) is -0.879. The lowest BCUT2D eigenvalue weighted by atomic mass is 10.3. The van der Waals surface area contributed by atoms with E-state index in [0.717, 1.165) is 5.69 Å². The largest absolute Gasteiger partial charge is 0.306 e. The SMILES string of the molecule is O=C(Nc1cccc(F)n1)c1cnn(-c2ccccc2)c1. The van der Waals surface area contributed by atoms with Crippen molar-refractivity contribution in [1.82, 2.24) is 14.8 Å². The number of rotatable bonds is 3. The highest BCUT2D eigenvalue weighted by Gasteiger charge is 2.10. The number of nitrogens with one attached hydrogen (secondary N) is 1. The maximum atomic E-state index is 13.0. The predicted octanol–water partition coefficient (Wildman–Crippen LogP) is 2.66. The lowest BCUT2D eigenvalue weighted by Gasteiger charge is -2.02. The molecule has 3 aromatic rings. The molecule has 6 heteroatoms. The molecule has 0 saturated carbocycles. The van der Waals surface area contributed by atoms with Gasteiger partial charge >= 0.3 is 0 Å². The van der Waals surface area contributed by atoms with Gasteiger partial charge in [-0.3, -0.25) is 4.79 Å². The number of para-hydroxylation sites is 1. The Bertz CT molecular complexity index is 770. The van der Waals surface area contributed by atoms with E-state index in [2.05, 4.69) is 15.4 Å². The molecule has 0 bridgehead atoms. The van der Waals surface area contributed by atoms with Crippen LogP contribution in [-0.4, -0.2) is 20.7 Å². The quantitative estimate of drug-likeness (QED) is 0.751. The fourth-order valence-corrected chi connectivity index (χ4v) is 1.83. The monoisotopic (exact) mass is 282 g/mol. The van der Waals surface area contributed by atoms with Crippen LogP contribution in [0.1, 0.15) is 10.4 Å². The lowest BCUT2D eigenvalue weighted by Crippen LogP contribution is -2.12. The highest BCUT2D eigenvalue weighted by molar-refractivity contribution is 6.03. The van der Waals surface area contributed by atoms with E-state index in [4.69, 9.17) is 0 Å². The molecule has 0 radical (unpaired) electrons. The second-order valence-electron chi connectivity index (χ2n) is 4.31. The molecule has 2 heterocycles. The van der Waals surface area contributed by atoms with E-state index in [9.17, 15) is 9.18 Å². The normalized spacial score (nSPS) is 10.3. The maximum absolute atomic E-state index is 13.0. The van der Waals surface area contributed by atoms with Crippen molar-refractivity contribution < 1.29 is 9.18 Å². The molecule has 21 heavy (non-hydrogen) atoms. The number of halogens is 1. The summed E-state index contributed by atoms with van der Waals surface area (Å²) in [6.45, 7) is 0. The van der Waals surface area contributed by atoms with Crippen molar-refractivity contribution in [1.29, 1.82) is 0 Å². The van der Waals surface area contributed by atoms with Gasteiger partial charge in [0.2, 0.25) is 5.95 Å². The Kier molecular flexibility index (Phi) is 3.42. The predicted molar refractivity (Wildman–Crippen MR) is 75.7 cm³/mol. The lowest BCUT2D eigenvalue weighted by molar-refractivity contribution is 0.102. The third-order valence-corrected chi connectivity index (χ3v) is 2.82. The Morgan fingerprint density at radius 3 is 2.67 bits per heavy atom. The highest BCUT2D eigenvalue weighted by Crippen LogP contribution is 2.10. The van der Waals surface area contributed by atoms with E-state index in [0.29, 0.717) is 5.56 Å². The van der Waals surface area contributed by atoms with Crippen molar-refractivity contribution in [2.24, 2.45) is 0 Å². The first kappa shape index (κ1) is 13.0. The van der Waals surface area contributed by atoms with Gasteiger partial charge in [-0.1, -0.05) is 24.3 Å². The third kappa shape index (κ3) is 2.94. The number of carbonyl (C=O) groups excluding carboxylic acids is 1. The standard InChI is InChI=1S/C15H11FN4O/c16-13-7-4-8-14(18-13)19-15(21)11-9-17-20(10-11)12-5-2-1-3-6-12/h1-10H,(H,18,19,21). The number of hydrogen-bond donors (Lipinski definition) is 1. The maximum Gasteiger partial charge on any atom is 0.260 e. The summed E-state index contributed by atoms with van der Waals surface area (Å²) in [5, 5.41) is 6.65. The highest BCUT2D eigenvalue weighted by atomic mass is 19.1. The number of nitrogens with zero attached hydrogens (tertiary/aromatic N) is 3. The van der Waals surface area contributed by atoms with Gasteiger partial charge in [0.15, 0.2) is 0 Å². The summed E-state index contributed by atoms with van der Waals surface area (Å²) in [7, 11) is 0. The summed E-state index contributed by atoms with van der Waals surface area (Å²) in [5.41, 5.74) is 1.21. The Hall–Kier alpha value is -3.02. The second kappa shape index (κ2) is 5.54. The minimum absolute atomic E-state index is 0.160. The molecule has 0 saturated heterocycles. The number of carbonyl (C=O) groups is 1. The number of anilines is 1. The molecule has 1 aromatic carbocycles. The summed E-state index contributed by atoms with van der Waals surface area (Å²) in [4.78, 5) is 15.6. The zero-order valence-corrected chi connectivity index (χ0v) is 10.9. The molecule has 0 aliphatic carbocycles. The van der Waals surface area contributed by atoms with Gasteiger partial charge in [-0.2, -0.15) is 9.49 Å². The molecule has 0 aliphatic heterocycles. The van der Waals surface area contributed by atoms with Crippen molar-refractivity contribution >= 4 is 11.7 Å². The van der Waals surface area contributed by atoms with E-state index in [1.165, 1.54) is 24.4 Å². The smallest absolute Gasteiger partial charge is 0.260 e. The summed E-state index contributed by atoms with van der Waals surface area (Å²) in [6.07, 6.45) is 3.05. The van der Waals surface area contributed by atoms with Crippen molar-refractivity contribution in [2.45, 2.75) is 0 Å². The van der Waals surface area contributed by atoms with Gasteiger partial charge in [0, 0.05) is 6.20 Å². The van der Waals surface area contributed by atoms with Crippen LogP contribution in [0.4, 0.5) is 10.2 Å². The van der Waals surface area contributed by atoms with E-state index in [1.807, 2.05) is 30.3 Å². The second-order valence-corrected chi connectivity index (χ2v) is 4.31. The molecule has 2 aromatic heterocycles. The Balaban J connectivity index is 1.78. The van der Waals surface area contributed by atoms with Crippen molar-refractivity contribution in [3.8, 4) is 5.69 Å². The van der Waals surface area contributed by atoms with Crippen LogP contribution in [0, 0.1) is 5.95 Å². The van der Waals surface area contributed by atoms with E-state index >= 15 is 0 Å². The average molecular weight is 282 g/mol. The van der Waals surface area contributed by atoms with E-state index < -0.39 is 11.9 Å². The first-order valence-electron chi connectivity index (χ1n) is 6.26. The number of amides is 1. The molecular weight excluding hydrogens is 271 g/mol. The first-order chi connectivity index (χ1) is 10.2. The molecule has 0 spiro atoms. The van der Waals surface area contributed by atoms with Crippen LogP contribution in [-0.2, 0) is 0 Å². The van der Waals surface area contributed by atoms with Crippen LogP contribution in [0.5, 0.6) is 0 Å². The molecule has 5 nitrogen and oxygen atoms in total. The van der Waals surface area contributed by atoms with Crippen LogP contribution in [0.25, 0.3) is 5.69 Å². The molecular formula is C15H11FN4O. The fourth-order valence-electron chi connectivity index (χ4n) is 1.83. The van der Waals surface area contributed by atoms with Gasteiger partial charge in [-0.05, 0) is 24.3 Å². The number of benzene rings is 1. The molecule has 0 atom stereocenters. The van der Waals surface area contributed by atoms with Crippen LogP contribution in [0.2, 0.25) is 0 Å². The zero-order valence-electron chi connectivity index (χ0n) is 10.9. The Morgan fingerprint density at radius 2 is 1.90 bits per heavy atom. The molecule has 1 N–H and O–H groups in total. The fraction of sp³-hybridized carbons (Fsp3) is 0. The minimum Gasteiger partial charge on any atom is -0.306 e. The van der Waals surface area contributed by atoms with Gasteiger partial charge in [0.25, 0.3) is 5.91 Å². The van der Waals surface area contributed by atoms with Gasteiger partial charge in [0.05, 0.1) is 17.4 Å². The topological polar surface area (TPSA) is 59.8 Å². The van der Waals surface area contributed by atoms with Gasteiger partial charge < -0.3 is 5.32 Å². The summed E-state index contributed by atoms with van der Waals surface area (Å²) in [6, 6.07) is 13.6. The van der Waals surface area contributed by atoms with Crippen molar-refractivity contribution in [3.05, 3.63) is 72.4 Å². The summed E-state index contributed by atoms with van der Waals surface area (Å²) >= 11 is 0. The van der Waals surface area contributed by atoms with Gasteiger partial charge in [-0.15, -0.1) is 0 Å². The Labute approximate surface area is 120 Å². The molecule has 3 rings (SSSR count). The molecule has 104 valence electrons. The van der Waals surface area contributed by atoms with Crippen LogP contribution in [0.3, 0.4) is 0 Å². The number of pyridine rings is 1. The van der Waals surface area contributed by atoms with Gasteiger partial charge in [-0.25, -0.2) is 9.67 Å². The van der Waals surface area contributed by atoms with E-state index in [1.54, 1.807) is 10.9 Å². The molecule has 0 fully saturated rings. The van der Waals surface area contributed by atoms with Crippen molar-refractivity contribution in [2.75, 3.05) is 5.32 Å². The van der Waals surface area contributed by atoms with Crippen LogP contribution in [0.15, 0.2) is 60.9 Å². The Morgan fingerprint density at radius 1 is 1.10 bits per heavy atom. The van der Waals surface area contributed by atoms with Gasteiger partial charge in [0.1, 0.15) is 5.82 Å². The van der Waals surface area contributed by atoms with Crippen LogP contribution < -0.4 is 5.32 Å². The van der Waals surface area contributed by atoms with Crippen LogP contribution >= 0.6 is 0 Å². The number of hydrogen-bond acceptors (Lipinski definition) is 3. The van der Waals surface area contributed by atoms with E-state index in [-0.39, 0.29) is 5.82 Å². The number of aromatic nitrogens is 3. The molecule has 0 unspecified atom stereocenters. The molecule has 1 amide bonds. The van der Waals surface area contributed by atoms with Crippen molar-refractivity contribution in [3.63, 3.8) is 0 Å². The first-order valence-corrected chi connectivity index (χ1v) is 6.26. The molecule has 0 aliphatic rings. The third-order valence-electron chi connectivity index (χ3n) is 2.82.